The van der Waals surface area contributed by atoms with Crippen molar-refractivity contribution in [2.24, 2.45) is 5.92 Å². The average molecular weight is 310 g/mol. The summed E-state index contributed by atoms with van der Waals surface area (Å²) in [5, 5.41) is 2.88. The molecule has 1 fully saturated rings. The number of carbonyl (C=O) groups is 1. The van der Waals surface area contributed by atoms with Crippen molar-refractivity contribution in [1.29, 1.82) is 0 Å². The quantitative estimate of drug-likeness (QED) is 0.824. The fraction of sp³-hybridized carbons (Fsp3) is 0.600. The van der Waals surface area contributed by atoms with Crippen molar-refractivity contribution in [3.05, 3.63) is 23.9 Å². The Balaban J connectivity index is 1.98. The van der Waals surface area contributed by atoms with Crippen LogP contribution < -0.4 is 10.1 Å². The summed E-state index contributed by atoms with van der Waals surface area (Å²) in [5.41, 5.74) is 0.402. The van der Waals surface area contributed by atoms with Gasteiger partial charge in [0.25, 0.3) is 5.91 Å². The first-order chi connectivity index (χ1) is 10.7. The third-order valence-electron chi connectivity index (χ3n) is 3.75. The van der Waals surface area contributed by atoms with E-state index in [-0.39, 0.29) is 24.0 Å². The highest BCUT2D eigenvalue weighted by Crippen LogP contribution is 2.20. The van der Waals surface area contributed by atoms with Gasteiger partial charge in [-0.2, -0.15) is 0 Å². The van der Waals surface area contributed by atoms with E-state index >= 15 is 0 Å². The van der Waals surface area contributed by atoms with Crippen molar-refractivity contribution in [2.75, 3.05) is 41.1 Å². The summed E-state index contributed by atoms with van der Waals surface area (Å²) in [7, 11) is 4.75. The summed E-state index contributed by atoms with van der Waals surface area (Å²) in [6.45, 7) is 1.44. The van der Waals surface area contributed by atoms with Crippen LogP contribution >= 0.6 is 0 Å². The molecule has 1 N–H and O–H groups in total. The molecule has 1 saturated heterocycles. The monoisotopic (exact) mass is 310 g/mol. The van der Waals surface area contributed by atoms with Crippen LogP contribution in [0.5, 0.6) is 5.88 Å². The maximum Gasteiger partial charge on any atom is 0.256 e. The largest absolute Gasteiger partial charge is 0.480 e. The van der Waals surface area contributed by atoms with Gasteiger partial charge < -0.3 is 24.3 Å². The van der Waals surface area contributed by atoms with Gasteiger partial charge in [-0.05, 0) is 12.1 Å². The molecule has 1 aromatic heterocycles. The van der Waals surface area contributed by atoms with Crippen LogP contribution in [0.1, 0.15) is 10.4 Å². The Morgan fingerprint density at radius 2 is 2.18 bits per heavy atom. The number of nitrogens with zero attached hydrogens (tertiary/aromatic N) is 1. The third kappa shape index (κ3) is 3.73. The molecule has 0 spiro atoms. The molecular weight excluding hydrogens is 288 g/mol. The second-order valence-corrected chi connectivity index (χ2v) is 5.04. The predicted octanol–water partition coefficient (Wildman–Crippen LogP) is 0.496. The number of amides is 1. The van der Waals surface area contributed by atoms with Gasteiger partial charge in [-0.25, -0.2) is 4.98 Å². The summed E-state index contributed by atoms with van der Waals surface area (Å²) < 4.78 is 21.5. The Morgan fingerprint density at radius 1 is 1.36 bits per heavy atom. The molecule has 22 heavy (non-hydrogen) atoms. The second kappa shape index (κ2) is 8.07. The SMILES string of the molecule is COc1ncccc1C(=O)NC[C@@H]1COC[C@@H](OC)[C@H]1OC. The number of rotatable bonds is 6. The molecule has 0 aromatic carbocycles. The molecule has 0 bridgehead atoms. The maximum absolute atomic E-state index is 12.3. The van der Waals surface area contributed by atoms with E-state index in [1.807, 2.05) is 0 Å². The molecule has 1 aliphatic heterocycles. The molecule has 2 heterocycles. The van der Waals surface area contributed by atoms with Crippen molar-refractivity contribution in [3.8, 4) is 5.88 Å². The molecule has 2 rings (SSSR count). The van der Waals surface area contributed by atoms with E-state index in [9.17, 15) is 4.79 Å². The Labute approximate surface area is 129 Å². The van der Waals surface area contributed by atoms with E-state index < -0.39 is 0 Å². The lowest BCUT2D eigenvalue weighted by molar-refractivity contribution is -0.145. The zero-order chi connectivity index (χ0) is 15.9. The minimum absolute atomic E-state index is 0.0234. The standard InChI is InChI=1S/C15H22N2O5/c1-19-12-9-22-8-10(13(12)20-2)7-17-14(18)11-5-4-6-16-15(11)21-3/h4-6,10,12-13H,7-9H2,1-3H3,(H,17,18)/t10-,12-,13+/m1/s1. The average Bonchev–Trinajstić information content (AvgIpc) is 2.58. The molecule has 1 aliphatic rings. The van der Waals surface area contributed by atoms with Gasteiger partial charge in [0.15, 0.2) is 0 Å². The van der Waals surface area contributed by atoms with Crippen molar-refractivity contribution in [1.82, 2.24) is 10.3 Å². The third-order valence-corrected chi connectivity index (χ3v) is 3.75. The number of carbonyl (C=O) groups excluding carboxylic acids is 1. The van der Waals surface area contributed by atoms with E-state index in [1.165, 1.54) is 7.11 Å². The van der Waals surface area contributed by atoms with E-state index in [0.717, 1.165) is 0 Å². The van der Waals surface area contributed by atoms with Crippen molar-refractivity contribution >= 4 is 5.91 Å². The predicted molar refractivity (Wildman–Crippen MR) is 79.0 cm³/mol. The lowest BCUT2D eigenvalue weighted by Gasteiger charge is -2.36. The minimum atomic E-state index is -0.237. The molecule has 0 unspecified atom stereocenters. The smallest absolute Gasteiger partial charge is 0.256 e. The first-order valence-electron chi connectivity index (χ1n) is 7.11. The summed E-state index contributed by atoms with van der Waals surface area (Å²) in [5.74, 6) is 0.0904. The van der Waals surface area contributed by atoms with Crippen LogP contribution in [0.2, 0.25) is 0 Å². The number of pyridine rings is 1. The van der Waals surface area contributed by atoms with Gasteiger partial charge in [0.05, 0.1) is 26.4 Å². The van der Waals surface area contributed by atoms with Crippen LogP contribution in [0.15, 0.2) is 18.3 Å². The van der Waals surface area contributed by atoms with Gasteiger partial charge in [0, 0.05) is 32.9 Å². The van der Waals surface area contributed by atoms with Crippen LogP contribution in [-0.2, 0) is 14.2 Å². The molecule has 7 nitrogen and oxygen atoms in total. The van der Waals surface area contributed by atoms with Gasteiger partial charge in [-0.3, -0.25) is 4.79 Å². The number of nitrogens with one attached hydrogen (secondary N) is 1. The lowest BCUT2D eigenvalue weighted by atomic mass is 9.96. The van der Waals surface area contributed by atoms with Crippen molar-refractivity contribution in [3.63, 3.8) is 0 Å². The molecule has 1 aromatic rings. The Kier molecular flexibility index (Phi) is 6.11. The molecule has 0 aliphatic carbocycles. The highest BCUT2D eigenvalue weighted by atomic mass is 16.6. The van der Waals surface area contributed by atoms with Crippen LogP contribution in [0.4, 0.5) is 0 Å². The summed E-state index contributed by atoms with van der Waals surface area (Å²) in [4.78, 5) is 16.3. The minimum Gasteiger partial charge on any atom is -0.480 e. The Bertz CT molecular complexity index is 497. The molecule has 0 saturated carbocycles. The van der Waals surface area contributed by atoms with Gasteiger partial charge in [0.2, 0.25) is 5.88 Å². The summed E-state index contributed by atoms with van der Waals surface area (Å²) in [6.07, 6.45) is 1.33. The number of aromatic nitrogens is 1. The van der Waals surface area contributed by atoms with E-state index in [0.29, 0.717) is 31.2 Å². The van der Waals surface area contributed by atoms with E-state index in [1.54, 1.807) is 32.5 Å². The van der Waals surface area contributed by atoms with Gasteiger partial charge >= 0.3 is 0 Å². The fourth-order valence-corrected chi connectivity index (χ4v) is 2.60. The molecule has 0 radical (unpaired) electrons. The van der Waals surface area contributed by atoms with Crippen LogP contribution in [0.25, 0.3) is 0 Å². The molecular formula is C15H22N2O5. The van der Waals surface area contributed by atoms with Gasteiger partial charge in [-0.1, -0.05) is 0 Å². The van der Waals surface area contributed by atoms with Crippen molar-refractivity contribution in [2.45, 2.75) is 12.2 Å². The van der Waals surface area contributed by atoms with Crippen molar-refractivity contribution < 1.29 is 23.7 Å². The molecule has 7 heteroatoms. The summed E-state index contributed by atoms with van der Waals surface area (Å²) in [6, 6.07) is 3.37. The second-order valence-electron chi connectivity index (χ2n) is 5.04. The lowest BCUT2D eigenvalue weighted by Crippen LogP contribution is -2.50. The zero-order valence-electron chi connectivity index (χ0n) is 13.1. The first kappa shape index (κ1) is 16.7. The topological polar surface area (TPSA) is 78.9 Å². The number of methoxy groups -OCH3 is 3. The van der Waals surface area contributed by atoms with Gasteiger partial charge in [-0.15, -0.1) is 0 Å². The van der Waals surface area contributed by atoms with Crippen LogP contribution in [-0.4, -0.2) is 64.2 Å². The Hall–Kier alpha value is -1.70. The zero-order valence-corrected chi connectivity index (χ0v) is 13.1. The molecule has 122 valence electrons. The number of hydrogen-bond donors (Lipinski definition) is 1. The van der Waals surface area contributed by atoms with E-state index in [2.05, 4.69) is 10.3 Å². The number of ether oxygens (including phenoxy) is 4. The number of hydrogen-bond acceptors (Lipinski definition) is 6. The highest BCUT2D eigenvalue weighted by Gasteiger charge is 2.34. The van der Waals surface area contributed by atoms with E-state index in [4.69, 9.17) is 18.9 Å². The van der Waals surface area contributed by atoms with Gasteiger partial charge in [0.1, 0.15) is 11.7 Å². The normalized spacial score (nSPS) is 24.8. The molecule has 3 atom stereocenters. The fourth-order valence-electron chi connectivity index (χ4n) is 2.60. The van der Waals surface area contributed by atoms with Crippen LogP contribution in [0, 0.1) is 5.92 Å². The van der Waals surface area contributed by atoms with Crippen LogP contribution in [0.3, 0.4) is 0 Å². The molecule has 1 amide bonds. The highest BCUT2D eigenvalue weighted by molar-refractivity contribution is 5.96. The maximum atomic E-state index is 12.3. The first-order valence-corrected chi connectivity index (χ1v) is 7.11. The Morgan fingerprint density at radius 3 is 2.86 bits per heavy atom. The summed E-state index contributed by atoms with van der Waals surface area (Å²) >= 11 is 0.